The molecule has 0 aliphatic carbocycles. The van der Waals surface area contributed by atoms with E-state index in [1.165, 1.54) is 16.8 Å². The van der Waals surface area contributed by atoms with Gasteiger partial charge in [-0.3, -0.25) is 0 Å². The quantitative estimate of drug-likeness (QED) is 0.837. The van der Waals surface area contributed by atoms with E-state index < -0.39 is 0 Å². The second-order valence-electron chi connectivity index (χ2n) is 4.28. The summed E-state index contributed by atoms with van der Waals surface area (Å²) < 4.78 is 0. The Morgan fingerprint density at radius 1 is 1.53 bits per heavy atom. The van der Waals surface area contributed by atoms with E-state index in [-0.39, 0.29) is 0 Å². The average Bonchev–Trinajstić information content (AvgIpc) is 2.51. The molecule has 3 heteroatoms. The molecule has 1 aliphatic rings. The monoisotopic (exact) mass is 224 g/mol. The zero-order chi connectivity index (χ0) is 11.0. The maximum atomic E-state index is 6.27. The van der Waals surface area contributed by atoms with Gasteiger partial charge in [-0.05, 0) is 37.1 Å². The maximum absolute atomic E-state index is 6.27. The topological polar surface area (TPSA) is 29.3 Å². The fraction of sp³-hybridized carbons (Fsp3) is 0.500. The Balaban J connectivity index is 2.49. The summed E-state index contributed by atoms with van der Waals surface area (Å²) in [4.78, 5) is 2.29. The Morgan fingerprint density at radius 3 is 2.93 bits per heavy atom. The van der Waals surface area contributed by atoms with Crippen molar-refractivity contribution in [2.24, 2.45) is 5.73 Å². The van der Waals surface area contributed by atoms with E-state index in [2.05, 4.69) is 24.9 Å². The van der Waals surface area contributed by atoms with Crippen molar-refractivity contribution in [1.29, 1.82) is 0 Å². The van der Waals surface area contributed by atoms with Gasteiger partial charge in [0.1, 0.15) is 0 Å². The first kappa shape index (κ1) is 10.8. The van der Waals surface area contributed by atoms with Crippen molar-refractivity contribution in [3.05, 3.63) is 28.3 Å². The molecule has 0 bridgehead atoms. The molecular formula is C12H17ClN2. The molecule has 0 aromatic heterocycles. The molecule has 1 aliphatic heterocycles. The number of benzene rings is 1. The third-order valence-corrected chi connectivity index (χ3v) is 3.49. The minimum atomic E-state index is 0.502. The summed E-state index contributed by atoms with van der Waals surface area (Å²) in [5.74, 6) is 0.502. The second-order valence-corrected chi connectivity index (χ2v) is 4.69. The van der Waals surface area contributed by atoms with Gasteiger partial charge in [-0.2, -0.15) is 0 Å². The SMILES string of the molecule is Cc1ccc(Cl)c2c1N(C)CC2CCN. The number of likely N-dealkylation sites (N-methyl/N-ethyl adjacent to an activating group) is 1. The molecule has 0 radical (unpaired) electrons. The molecule has 1 heterocycles. The van der Waals surface area contributed by atoms with Crippen molar-refractivity contribution >= 4 is 17.3 Å². The molecule has 15 heavy (non-hydrogen) atoms. The summed E-state index contributed by atoms with van der Waals surface area (Å²) in [6.45, 7) is 3.90. The number of rotatable bonds is 2. The van der Waals surface area contributed by atoms with Gasteiger partial charge in [-0.25, -0.2) is 0 Å². The van der Waals surface area contributed by atoms with E-state index in [9.17, 15) is 0 Å². The lowest BCUT2D eigenvalue weighted by atomic mass is 9.96. The van der Waals surface area contributed by atoms with E-state index in [0.29, 0.717) is 5.92 Å². The van der Waals surface area contributed by atoms with E-state index in [1.54, 1.807) is 0 Å². The van der Waals surface area contributed by atoms with E-state index >= 15 is 0 Å². The minimum Gasteiger partial charge on any atom is -0.373 e. The summed E-state index contributed by atoms with van der Waals surface area (Å²) in [5.41, 5.74) is 9.54. The molecule has 0 fully saturated rings. The third kappa shape index (κ3) is 1.72. The van der Waals surface area contributed by atoms with E-state index in [1.807, 2.05) is 6.07 Å². The van der Waals surface area contributed by atoms with Crippen LogP contribution in [-0.4, -0.2) is 20.1 Å². The molecule has 2 rings (SSSR count). The van der Waals surface area contributed by atoms with Crippen molar-refractivity contribution in [3.8, 4) is 0 Å². The first-order valence-corrected chi connectivity index (χ1v) is 5.73. The summed E-state index contributed by atoms with van der Waals surface area (Å²) in [7, 11) is 2.12. The van der Waals surface area contributed by atoms with Gasteiger partial charge in [0.25, 0.3) is 0 Å². The van der Waals surface area contributed by atoms with E-state index in [0.717, 1.165) is 24.5 Å². The fourth-order valence-electron chi connectivity index (χ4n) is 2.54. The highest BCUT2D eigenvalue weighted by Gasteiger charge is 2.29. The Kier molecular flexibility index (Phi) is 2.89. The van der Waals surface area contributed by atoms with Crippen LogP contribution in [-0.2, 0) is 0 Å². The van der Waals surface area contributed by atoms with Crippen LogP contribution in [0.4, 0.5) is 5.69 Å². The molecule has 1 aromatic rings. The molecule has 1 unspecified atom stereocenters. The molecule has 0 saturated carbocycles. The number of anilines is 1. The van der Waals surface area contributed by atoms with Gasteiger partial charge in [-0.1, -0.05) is 17.7 Å². The predicted octanol–water partition coefficient (Wildman–Crippen LogP) is 2.53. The lowest BCUT2D eigenvalue weighted by Gasteiger charge is -2.14. The molecule has 2 N–H and O–H groups in total. The maximum Gasteiger partial charge on any atom is 0.0462 e. The number of aryl methyl sites for hydroxylation is 1. The Labute approximate surface area is 96.0 Å². The predicted molar refractivity (Wildman–Crippen MR) is 65.9 cm³/mol. The molecule has 0 amide bonds. The standard InChI is InChI=1S/C12H17ClN2/c1-8-3-4-10(13)11-9(5-6-14)7-15(2)12(8)11/h3-4,9H,5-7,14H2,1-2H3. The van der Waals surface area contributed by atoms with Gasteiger partial charge in [-0.15, -0.1) is 0 Å². The first-order valence-electron chi connectivity index (χ1n) is 5.35. The highest BCUT2D eigenvalue weighted by molar-refractivity contribution is 6.32. The van der Waals surface area contributed by atoms with E-state index in [4.69, 9.17) is 17.3 Å². The first-order chi connectivity index (χ1) is 7.15. The molecule has 1 aromatic carbocycles. The number of hydrogen-bond acceptors (Lipinski definition) is 2. The fourth-order valence-corrected chi connectivity index (χ4v) is 2.84. The average molecular weight is 225 g/mol. The van der Waals surface area contributed by atoms with Crippen LogP contribution in [0.15, 0.2) is 12.1 Å². The molecule has 82 valence electrons. The van der Waals surface area contributed by atoms with Crippen molar-refractivity contribution in [1.82, 2.24) is 0 Å². The summed E-state index contributed by atoms with van der Waals surface area (Å²) >= 11 is 6.27. The van der Waals surface area contributed by atoms with Crippen LogP contribution in [0.2, 0.25) is 5.02 Å². The van der Waals surface area contributed by atoms with Crippen molar-refractivity contribution in [2.75, 3.05) is 25.0 Å². The summed E-state index contributed by atoms with van der Waals surface area (Å²) in [6.07, 6.45) is 1.01. The van der Waals surface area contributed by atoms with Crippen LogP contribution in [0.3, 0.4) is 0 Å². The van der Waals surface area contributed by atoms with Crippen LogP contribution in [0, 0.1) is 6.92 Å². The number of fused-ring (bicyclic) bond motifs is 1. The highest BCUT2D eigenvalue weighted by atomic mass is 35.5. The lowest BCUT2D eigenvalue weighted by Crippen LogP contribution is -2.17. The van der Waals surface area contributed by atoms with Crippen LogP contribution in [0.1, 0.15) is 23.5 Å². The summed E-state index contributed by atoms with van der Waals surface area (Å²) in [5, 5.41) is 0.887. The largest absolute Gasteiger partial charge is 0.373 e. The molecule has 1 atom stereocenters. The van der Waals surface area contributed by atoms with Crippen LogP contribution in [0.25, 0.3) is 0 Å². The van der Waals surface area contributed by atoms with Gasteiger partial charge in [0.05, 0.1) is 0 Å². The molecule has 0 spiro atoms. The van der Waals surface area contributed by atoms with Crippen molar-refractivity contribution in [2.45, 2.75) is 19.3 Å². The van der Waals surface area contributed by atoms with Crippen LogP contribution >= 0.6 is 11.6 Å². The Bertz CT molecular complexity index is 376. The number of hydrogen-bond donors (Lipinski definition) is 1. The molecular weight excluding hydrogens is 208 g/mol. The van der Waals surface area contributed by atoms with Gasteiger partial charge >= 0.3 is 0 Å². The zero-order valence-electron chi connectivity index (χ0n) is 9.26. The second kappa shape index (κ2) is 4.03. The van der Waals surface area contributed by atoms with Crippen molar-refractivity contribution < 1.29 is 0 Å². The normalized spacial score (nSPS) is 19.5. The van der Waals surface area contributed by atoms with Crippen LogP contribution < -0.4 is 10.6 Å². The Hall–Kier alpha value is -0.730. The third-order valence-electron chi connectivity index (χ3n) is 3.16. The zero-order valence-corrected chi connectivity index (χ0v) is 10.0. The van der Waals surface area contributed by atoms with Crippen LogP contribution in [0.5, 0.6) is 0 Å². The molecule has 0 saturated heterocycles. The summed E-state index contributed by atoms with van der Waals surface area (Å²) in [6, 6.07) is 4.08. The smallest absolute Gasteiger partial charge is 0.0462 e. The van der Waals surface area contributed by atoms with Gasteiger partial charge in [0.15, 0.2) is 0 Å². The number of halogens is 1. The van der Waals surface area contributed by atoms with Crippen molar-refractivity contribution in [3.63, 3.8) is 0 Å². The number of nitrogens with zero attached hydrogens (tertiary/aromatic N) is 1. The van der Waals surface area contributed by atoms with Gasteiger partial charge < -0.3 is 10.6 Å². The lowest BCUT2D eigenvalue weighted by molar-refractivity contribution is 0.662. The minimum absolute atomic E-state index is 0.502. The Morgan fingerprint density at radius 2 is 2.27 bits per heavy atom. The number of nitrogens with two attached hydrogens (primary N) is 1. The van der Waals surface area contributed by atoms with Gasteiger partial charge in [0, 0.05) is 30.2 Å². The highest BCUT2D eigenvalue weighted by Crippen LogP contribution is 2.43. The molecule has 2 nitrogen and oxygen atoms in total. The van der Waals surface area contributed by atoms with Gasteiger partial charge in [0.2, 0.25) is 0 Å².